The van der Waals surface area contributed by atoms with Gasteiger partial charge in [-0.25, -0.2) is 0 Å². The van der Waals surface area contributed by atoms with Crippen LogP contribution < -0.4 is 10.6 Å². The molecule has 5 nitrogen and oxygen atoms in total. The second-order valence-electron chi connectivity index (χ2n) is 6.58. The van der Waals surface area contributed by atoms with Crippen molar-refractivity contribution in [1.82, 2.24) is 5.32 Å². The molecule has 2 atom stereocenters. The van der Waals surface area contributed by atoms with Crippen LogP contribution in [0.5, 0.6) is 0 Å². The van der Waals surface area contributed by atoms with Crippen molar-refractivity contribution >= 4 is 17.5 Å². The number of halogens is 3. The Labute approximate surface area is 153 Å². The van der Waals surface area contributed by atoms with E-state index in [0.29, 0.717) is 24.1 Å². The van der Waals surface area contributed by atoms with Crippen LogP contribution in [-0.4, -0.2) is 24.0 Å². The molecule has 1 aliphatic carbocycles. The summed E-state index contributed by atoms with van der Waals surface area (Å²) in [5, 5.41) is 5.30. The Balaban J connectivity index is 1.57. The molecule has 0 saturated heterocycles. The van der Waals surface area contributed by atoms with E-state index in [1.807, 2.05) is 0 Å². The average molecular weight is 380 g/mol. The number of rotatable bonds is 4. The molecule has 8 heteroatoms. The van der Waals surface area contributed by atoms with Crippen LogP contribution in [-0.2, 0) is 0 Å². The highest BCUT2D eigenvalue weighted by atomic mass is 19.4. The number of benzene rings is 1. The lowest BCUT2D eigenvalue weighted by molar-refractivity contribution is -0.183. The van der Waals surface area contributed by atoms with Gasteiger partial charge in [-0.3, -0.25) is 9.59 Å². The maximum Gasteiger partial charge on any atom is 0.391 e. The number of alkyl halides is 3. The number of carbonyl (C=O) groups excluding carboxylic acids is 2. The van der Waals surface area contributed by atoms with Gasteiger partial charge in [-0.15, -0.1) is 0 Å². The maximum absolute atomic E-state index is 12.9. The first-order valence-electron chi connectivity index (χ1n) is 8.65. The predicted molar refractivity (Wildman–Crippen MR) is 92.4 cm³/mol. The van der Waals surface area contributed by atoms with Gasteiger partial charge < -0.3 is 15.1 Å². The van der Waals surface area contributed by atoms with Crippen molar-refractivity contribution in [2.24, 2.45) is 5.92 Å². The zero-order chi connectivity index (χ0) is 19.4. The first-order chi connectivity index (χ1) is 12.8. The Kier molecular flexibility index (Phi) is 5.53. The summed E-state index contributed by atoms with van der Waals surface area (Å²) in [6, 6.07) is 8.75. The minimum Gasteiger partial charge on any atom is -0.459 e. The van der Waals surface area contributed by atoms with Crippen LogP contribution in [0, 0.1) is 5.92 Å². The number of hydrogen-bond acceptors (Lipinski definition) is 3. The fraction of sp³-hybridized carbons (Fsp3) is 0.368. The molecule has 27 heavy (non-hydrogen) atoms. The van der Waals surface area contributed by atoms with E-state index in [2.05, 4.69) is 10.6 Å². The molecular weight excluding hydrogens is 361 g/mol. The first kappa shape index (κ1) is 19.0. The fourth-order valence-electron chi connectivity index (χ4n) is 3.19. The number of carbonyl (C=O) groups is 2. The molecule has 0 spiro atoms. The van der Waals surface area contributed by atoms with E-state index in [1.54, 1.807) is 18.2 Å². The highest BCUT2D eigenvalue weighted by Crippen LogP contribution is 2.37. The minimum atomic E-state index is -4.22. The lowest BCUT2D eigenvalue weighted by atomic mass is 9.85. The highest BCUT2D eigenvalue weighted by molar-refractivity contribution is 6.02. The van der Waals surface area contributed by atoms with Crippen molar-refractivity contribution in [3.8, 4) is 0 Å². The molecule has 1 aliphatic rings. The molecule has 1 saturated carbocycles. The summed E-state index contributed by atoms with van der Waals surface area (Å²) >= 11 is 0. The molecule has 1 aromatic heterocycles. The van der Waals surface area contributed by atoms with E-state index in [4.69, 9.17) is 4.42 Å². The number of furan rings is 1. The van der Waals surface area contributed by atoms with Gasteiger partial charge in [-0.2, -0.15) is 13.2 Å². The number of nitrogens with one attached hydrogen (secondary N) is 2. The van der Waals surface area contributed by atoms with Crippen LogP contribution >= 0.6 is 0 Å². The average Bonchev–Trinajstić information content (AvgIpc) is 3.16. The summed E-state index contributed by atoms with van der Waals surface area (Å²) in [5.41, 5.74) is 0.794. The SMILES string of the molecule is O=C(NC1CCCC(C(F)(F)F)C1)c1ccc(NC(=O)c2ccco2)cc1. The molecule has 2 N–H and O–H groups in total. The molecule has 0 bridgehead atoms. The summed E-state index contributed by atoms with van der Waals surface area (Å²) in [6.45, 7) is 0. The largest absolute Gasteiger partial charge is 0.459 e. The molecule has 3 rings (SSSR count). The molecule has 144 valence electrons. The standard InChI is InChI=1S/C19H19F3N2O3/c20-19(21,22)13-3-1-4-15(11-13)24-17(25)12-6-8-14(9-7-12)23-18(26)16-5-2-10-27-16/h2,5-10,13,15H,1,3-4,11H2,(H,23,26)(H,24,25). The Bertz CT molecular complexity index is 786. The number of hydrogen-bond donors (Lipinski definition) is 2. The third kappa shape index (κ3) is 4.90. The Hall–Kier alpha value is -2.77. The van der Waals surface area contributed by atoms with Gasteiger partial charge in [0.05, 0.1) is 12.2 Å². The quantitative estimate of drug-likeness (QED) is 0.827. The van der Waals surface area contributed by atoms with Crippen molar-refractivity contribution in [2.45, 2.75) is 37.9 Å². The van der Waals surface area contributed by atoms with Crippen LogP contribution in [0.25, 0.3) is 0 Å². The lowest BCUT2D eigenvalue weighted by Gasteiger charge is -2.31. The van der Waals surface area contributed by atoms with Gasteiger partial charge in [0, 0.05) is 17.3 Å². The summed E-state index contributed by atoms with van der Waals surface area (Å²) in [5.74, 6) is -2.05. The van der Waals surface area contributed by atoms with Gasteiger partial charge in [0.25, 0.3) is 11.8 Å². The Morgan fingerprint density at radius 3 is 2.41 bits per heavy atom. The fourth-order valence-corrected chi connectivity index (χ4v) is 3.19. The summed E-state index contributed by atoms with van der Waals surface area (Å²) in [6.07, 6.45) is -1.84. The van der Waals surface area contributed by atoms with Crippen molar-refractivity contribution < 1.29 is 27.2 Å². The van der Waals surface area contributed by atoms with Gasteiger partial charge in [-0.05, 0) is 55.7 Å². The molecule has 1 aromatic carbocycles. The van der Waals surface area contributed by atoms with Gasteiger partial charge in [0.15, 0.2) is 5.76 Å². The monoisotopic (exact) mass is 380 g/mol. The lowest BCUT2D eigenvalue weighted by Crippen LogP contribution is -2.41. The molecule has 2 aromatic rings. The second kappa shape index (κ2) is 7.85. The molecule has 2 amide bonds. The smallest absolute Gasteiger partial charge is 0.391 e. The molecule has 1 heterocycles. The predicted octanol–water partition coefficient (Wildman–Crippen LogP) is 4.38. The molecule has 2 unspecified atom stereocenters. The van der Waals surface area contributed by atoms with Crippen LogP contribution in [0.2, 0.25) is 0 Å². The Morgan fingerprint density at radius 2 is 1.78 bits per heavy atom. The van der Waals surface area contributed by atoms with E-state index < -0.39 is 30.0 Å². The number of anilines is 1. The zero-order valence-electron chi connectivity index (χ0n) is 14.4. The van der Waals surface area contributed by atoms with Crippen molar-refractivity contribution in [1.29, 1.82) is 0 Å². The van der Waals surface area contributed by atoms with Gasteiger partial charge in [0.2, 0.25) is 0 Å². The van der Waals surface area contributed by atoms with Crippen molar-refractivity contribution in [3.05, 3.63) is 54.0 Å². The van der Waals surface area contributed by atoms with E-state index in [1.165, 1.54) is 24.5 Å². The molecule has 0 aliphatic heterocycles. The highest BCUT2D eigenvalue weighted by Gasteiger charge is 2.42. The van der Waals surface area contributed by atoms with E-state index >= 15 is 0 Å². The first-order valence-corrected chi connectivity index (χ1v) is 8.65. The molecule has 1 fully saturated rings. The van der Waals surface area contributed by atoms with Gasteiger partial charge in [-0.1, -0.05) is 6.42 Å². The summed E-state index contributed by atoms with van der Waals surface area (Å²) in [4.78, 5) is 24.2. The Morgan fingerprint density at radius 1 is 1.04 bits per heavy atom. The molecule has 0 radical (unpaired) electrons. The van der Waals surface area contributed by atoms with Crippen LogP contribution in [0.3, 0.4) is 0 Å². The van der Waals surface area contributed by atoms with Crippen LogP contribution in [0.15, 0.2) is 47.1 Å². The van der Waals surface area contributed by atoms with Crippen molar-refractivity contribution in [3.63, 3.8) is 0 Å². The van der Waals surface area contributed by atoms with Gasteiger partial charge in [0.1, 0.15) is 0 Å². The molecular formula is C19H19F3N2O3. The third-order valence-electron chi connectivity index (χ3n) is 4.62. The second-order valence-corrected chi connectivity index (χ2v) is 6.58. The van der Waals surface area contributed by atoms with Crippen LogP contribution in [0.1, 0.15) is 46.6 Å². The summed E-state index contributed by atoms with van der Waals surface area (Å²) < 4.78 is 43.6. The zero-order valence-corrected chi connectivity index (χ0v) is 14.4. The number of amides is 2. The van der Waals surface area contributed by atoms with Crippen molar-refractivity contribution in [2.75, 3.05) is 5.32 Å². The topological polar surface area (TPSA) is 71.3 Å². The van der Waals surface area contributed by atoms with E-state index in [-0.39, 0.29) is 18.6 Å². The van der Waals surface area contributed by atoms with Gasteiger partial charge >= 0.3 is 6.18 Å². The minimum absolute atomic E-state index is 0.0907. The van der Waals surface area contributed by atoms with E-state index in [0.717, 1.165) is 0 Å². The maximum atomic E-state index is 12.9. The normalized spacial score (nSPS) is 20.1. The van der Waals surface area contributed by atoms with Crippen LogP contribution in [0.4, 0.5) is 18.9 Å². The van der Waals surface area contributed by atoms with E-state index in [9.17, 15) is 22.8 Å². The third-order valence-corrected chi connectivity index (χ3v) is 4.62. The summed E-state index contributed by atoms with van der Waals surface area (Å²) in [7, 11) is 0.